The van der Waals surface area contributed by atoms with Crippen molar-refractivity contribution in [1.29, 1.82) is 0 Å². The van der Waals surface area contributed by atoms with Crippen LogP contribution in [-0.2, 0) is 26.5 Å². The molecule has 0 saturated carbocycles. The van der Waals surface area contributed by atoms with Gasteiger partial charge >= 0.3 is 0 Å². The monoisotopic (exact) mass is 497 g/mol. The van der Waals surface area contributed by atoms with E-state index in [1.165, 1.54) is 27.0 Å². The number of anilines is 1. The summed E-state index contributed by atoms with van der Waals surface area (Å²) in [4.78, 5) is 14.7. The zero-order valence-electron chi connectivity index (χ0n) is 17.6. The summed E-state index contributed by atoms with van der Waals surface area (Å²) in [5.74, 6) is -0.195. The van der Waals surface area contributed by atoms with Crippen molar-refractivity contribution in [2.75, 3.05) is 43.3 Å². The van der Waals surface area contributed by atoms with E-state index in [0.717, 1.165) is 5.56 Å². The molecule has 32 heavy (non-hydrogen) atoms. The molecule has 0 bridgehead atoms. The molecule has 2 heterocycles. The molecular weight excluding hydrogens is 474 g/mol. The van der Waals surface area contributed by atoms with Crippen molar-refractivity contribution in [3.63, 3.8) is 0 Å². The first kappa shape index (κ1) is 23.0. The highest BCUT2D eigenvalue weighted by molar-refractivity contribution is 7.92. The van der Waals surface area contributed by atoms with Crippen LogP contribution in [0, 0.1) is 0 Å². The molecule has 4 rings (SSSR count). The third-order valence-corrected chi connectivity index (χ3v) is 9.36. The van der Waals surface area contributed by atoms with Crippen LogP contribution in [0.5, 0.6) is 0 Å². The van der Waals surface area contributed by atoms with Gasteiger partial charge in [0, 0.05) is 38.3 Å². The van der Waals surface area contributed by atoms with Crippen LogP contribution in [-0.4, -0.2) is 70.9 Å². The molecule has 1 amide bonds. The summed E-state index contributed by atoms with van der Waals surface area (Å²) in [5, 5.41) is 0.170. The molecule has 8 nitrogen and oxygen atoms in total. The number of fused-ring (bicyclic) bond motifs is 1. The largest absolute Gasteiger partial charge is 0.336 e. The van der Waals surface area contributed by atoms with Gasteiger partial charge in [0.1, 0.15) is 4.90 Å². The van der Waals surface area contributed by atoms with Gasteiger partial charge in [0.25, 0.3) is 5.91 Å². The minimum absolute atomic E-state index is 0.0616. The third-order valence-electron chi connectivity index (χ3n) is 5.78. The molecule has 172 valence electrons. The fourth-order valence-electron chi connectivity index (χ4n) is 4.15. The minimum atomic E-state index is -3.74. The van der Waals surface area contributed by atoms with E-state index in [1.807, 2.05) is 0 Å². The Morgan fingerprint density at radius 2 is 1.62 bits per heavy atom. The Morgan fingerprint density at radius 3 is 2.28 bits per heavy atom. The SMILES string of the molecule is CS(=O)(=O)N1CCCc2cc(C(=O)N3CCN(S(=O)(=O)c4ccccc4Cl)CC3)ccc21. The first-order valence-electron chi connectivity index (χ1n) is 10.2. The van der Waals surface area contributed by atoms with Crippen molar-refractivity contribution >= 4 is 43.2 Å². The molecule has 1 saturated heterocycles. The molecule has 11 heteroatoms. The van der Waals surface area contributed by atoms with Gasteiger partial charge in [0.15, 0.2) is 0 Å². The van der Waals surface area contributed by atoms with Crippen molar-refractivity contribution in [2.24, 2.45) is 0 Å². The first-order valence-corrected chi connectivity index (χ1v) is 13.9. The zero-order chi connectivity index (χ0) is 23.1. The van der Waals surface area contributed by atoms with Gasteiger partial charge in [-0.1, -0.05) is 23.7 Å². The number of halogens is 1. The van der Waals surface area contributed by atoms with Gasteiger partial charge in [-0.15, -0.1) is 0 Å². The molecule has 2 aromatic carbocycles. The van der Waals surface area contributed by atoms with Crippen molar-refractivity contribution < 1.29 is 21.6 Å². The van der Waals surface area contributed by atoms with E-state index >= 15 is 0 Å². The van der Waals surface area contributed by atoms with Gasteiger partial charge in [0.2, 0.25) is 20.0 Å². The number of hydrogen-bond acceptors (Lipinski definition) is 5. The summed E-state index contributed by atoms with van der Waals surface area (Å²) in [6.07, 6.45) is 2.57. The first-order chi connectivity index (χ1) is 15.1. The second-order valence-electron chi connectivity index (χ2n) is 7.91. The van der Waals surface area contributed by atoms with Crippen LogP contribution in [0.1, 0.15) is 22.3 Å². The maximum Gasteiger partial charge on any atom is 0.253 e. The Labute approximate surface area is 193 Å². The summed E-state index contributed by atoms with van der Waals surface area (Å²) < 4.78 is 52.6. The smallest absolute Gasteiger partial charge is 0.253 e. The topological polar surface area (TPSA) is 95.1 Å². The number of carbonyl (C=O) groups excluding carboxylic acids is 1. The fourth-order valence-corrected chi connectivity index (χ4v) is 7.06. The van der Waals surface area contributed by atoms with E-state index in [0.29, 0.717) is 30.6 Å². The lowest BCUT2D eigenvalue weighted by Gasteiger charge is -2.34. The highest BCUT2D eigenvalue weighted by Gasteiger charge is 2.32. The number of nitrogens with zero attached hydrogens (tertiary/aromatic N) is 3. The van der Waals surface area contributed by atoms with E-state index < -0.39 is 20.0 Å². The fraction of sp³-hybridized carbons (Fsp3) is 0.381. The lowest BCUT2D eigenvalue weighted by Crippen LogP contribution is -2.50. The van der Waals surface area contributed by atoms with Crippen molar-refractivity contribution in [1.82, 2.24) is 9.21 Å². The zero-order valence-corrected chi connectivity index (χ0v) is 20.0. The second kappa shape index (κ2) is 8.66. The van der Waals surface area contributed by atoms with E-state index in [4.69, 9.17) is 11.6 Å². The average molecular weight is 498 g/mol. The second-order valence-corrected chi connectivity index (χ2v) is 12.1. The summed E-state index contributed by atoms with van der Waals surface area (Å²) in [7, 11) is -7.11. The molecule has 2 aromatic rings. The van der Waals surface area contributed by atoms with Gasteiger partial charge in [-0.05, 0) is 48.7 Å². The van der Waals surface area contributed by atoms with E-state index in [1.54, 1.807) is 35.2 Å². The molecule has 1 fully saturated rings. The molecule has 0 unspecified atom stereocenters. The van der Waals surface area contributed by atoms with Gasteiger partial charge < -0.3 is 4.90 Å². The predicted octanol–water partition coefficient (Wildman–Crippen LogP) is 2.20. The maximum atomic E-state index is 13.0. The number of aryl methyl sites for hydroxylation is 1. The number of carbonyl (C=O) groups is 1. The molecule has 0 aliphatic carbocycles. The van der Waals surface area contributed by atoms with Crippen LogP contribution >= 0.6 is 11.6 Å². The Balaban J connectivity index is 1.48. The van der Waals surface area contributed by atoms with Gasteiger partial charge in [-0.25, -0.2) is 16.8 Å². The van der Waals surface area contributed by atoms with Crippen LogP contribution < -0.4 is 4.31 Å². The Hall–Kier alpha value is -2.14. The van der Waals surface area contributed by atoms with E-state index in [-0.39, 0.29) is 42.0 Å². The number of benzene rings is 2. The summed E-state index contributed by atoms with van der Waals surface area (Å²) >= 11 is 6.07. The van der Waals surface area contributed by atoms with Crippen LogP contribution in [0.2, 0.25) is 5.02 Å². The Morgan fingerprint density at radius 1 is 0.938 bits per heavy atom. The summed E-state index contributed by atoms with van der Waals surface area (Å²) in [5.41, 5.74) is 1.92. The molecule has 0 aromatic heterocycles. The summed E-state index contributed by atoms with van der Waals surface area (Å²) in [6.45, 7) is 1.29. The lowest BCUT2D eigenvalue weighted by atomic mass is 10.00. The molecule has 0 radical (unpaired) electrons. The Bertz CT molecular complexity index is 1260. The van der Waals surface area contributed by atoms with E-state index in [2.05, 4.69) is 0 Å². The molecule has 2 aliphatic rings. The molecule has 0 spiro atoms. The molecule has 2 aliphatic heterocycles. The Kier molecular flexibility index (Phi) is 6.23. The van der Waals surface area contributed by atoms with Crippen LogP contribution in [0.3, 0.4) is 0 Å². The predicted molar refractivity (Wildman–Crippen MR) is 123 cm³/mol. The third kappa shape index (κ3) is 4.36. The number of rotatable bonds is 4. The summed E-state index contributed by atoms with van der Waals surface area (Å²) in [6, 6.07) is 11.4. The minimum Gasteiger partial charge on any atom is -0.336 e. The lowest BCUT2D eigenvalue weighted by molar-refractivity contribution is 0.0698. The highest BCUT2D eigenvalue weighted by atomic mass is 35.5. The van der Waals surface area contributed by atoms with Crippen LogP contribution in [0.25, 0.3) is 0 Å². The highest BCUT2D eigenvalue weighted by Crippen LogP contribution is 2.30. The van der Waals surface area contributed by atoms with Crippen LogP contribution in [0.4, 0.5) is 5.69 Å². The maximum absolute atomic E-state index is 13.0. The number of sulfonamides is 2. The molecule has 0 N–H and O–H groups in total. The van der Waals surface area contributed by atoms with Crippen molar-refractivity contribution in [3.8, 4) is 0 Å². The van der Waals surface area contributed by atoms with Crippen LogP contribution in [0.15, 0.2) is 47.4 Å². The van der Waals surface area contributed by atoms with E-state index in [9.17, 15) is 21.6 Å². The van der Waals surface area contributed by atoms with Crippen molar-refractivity contribution in [2.45, 2.75) is 17.7 Å². The van der Waals surface area contributed by atoms with Crippen molar-refractivity contribution in [3.05, 3.63) is 58.6 Å². The average Bonchev–Trinajstić information content (AvgIpc) is 2.77. The number of amides is 1. The number of hydrogen-bond donors (Lipinski definition) is 0. The van der Waals surface area contributed by atoms with Gasteiger partial charge in [-0.2, -0.15) is 4.31 Å². The number of piperazine rings is 1. The molecule has 0 atom stereocenters. The quantitative estimate of drug-likeness (QED) is 0.645. The van der Waals surface area contributed by atoms with Gasteiger partial charge in [0.05, 0.1) is 17.0 Å². The van der Waals surface area contributed by atoms with Gasteiger partial charge in [-0.3, -0.25) is 9.10 Å². The normalized spacial score (nSPS) is 17.8. The molecular formula is C21H24ClN3O5S2. The standard InChI is InChI=1S/C21H24ClN3O5S2/c1-31(27,28)25-10-4-5-16-15-17(8-9-19(16)25)21(26)23-11-13-24(14-12-23)32(29,30)20-7-3-2-6-18(20)22/h2-3,6-9,15H,4-5,10-14H2,1H3.